The Morgan fingerprint density at radius 3 is 2.86 bits per heavy atom. The van der Waals surface area contributed by atoms with Gasteiger partial charge in [-0.2, -0.15) is 0 Å². The molecule has 0 spiro atoms. The third-order valence-electron chi connectivity index (χ3n) is 2.06. The minimum absolute atomic E-state index is 0.234. The van der Waals surface area contributed by atoms with Gasteiger partial charge in [-0.25, -0.2) is 4.79 Å². The molecule has 0 aliphatic rings. The number of carboxylic acid groups (broad SMARTS) is 1. The quantitative estimate of drug-likeness (QED) is 0.744. The van der Waals surface area contributed by atoms with E-state index in [9.17, 15) is 4.79 Å². The summed E-state index contributed by atoms with van der Waals surface area (Å²) in [5.41, 5.74) is 1.10. The van der Waals surface area contributed by atoms with E-state index in [-0.39, 0.29) is 5.69 Å². The Morgan fingerprint density at radius 1 is 1.43 bits per heavy atom. The molecule has 1 aromatic heterocycles. The molecule has 2 N–H and O–H groups in total. The van der Waals surface area contributed by atoms with Gasteiger partial charge < -0.3 is 10.1 Å². The lowest BCUT2D eigenvalue weighted by Crippen LogP contribution is -1.94. The first-order chi connectivity index (χ1) is 6.70. The minimum atomic E-state index is -0.924. The number of carbonyl (C=O) groups is 1. The second-order valence-electron chi connectivity index (χ2n) is 2.94. The number of aromatic carboxylic acids is 1. The molecule has 0 atom stereocenters. The van der Waals surface area contributed by atoms with Gasteiger partial charge in [-0.3, -0.25) is 0 Å². The van der Waals surface area contributed by atoms with E-state index >= 15 is 0 Å². The standard InChI is InChI=1S/C10H9NO2S/c1-14-7-3-2-6-4-9(10(12)13)11-8(6)5-7/h2-5,11H,1H3,(H,12,13). The van der Waals surface area contributed by atoms with Crippen molar-refractivity contribution < 1.29 is 9.90 Å². The Hall–Kier alpha value is -1.42. The molecule has 0 amide bonds. The molecule has 3 nitrogen and oxygen atoms in total. The maximum Gasteiger partial charge on any atom is 0.352 e. The highest BCUT2D eigenvalue weighted by Crippen LogP contribution is 2.22. The predicted octanol–water partition coefficient (Wildman–Crippen LogP) is 2.59. The molecule has 72 valence electrons. The molecule has 14 heavy (non-hydrogen) atoms. The molecule has 0 bridgehead atoms. The molecule has 0 fully saturated rings. The van der Waals surface area contributed by atoms with Crippen LogP contribution in [0.15, 0.2) is 29.2 Å². The summed E-state index contributed by atoms with van der Waals surface area (Å²) in [6, 6.07) is 7.49. The van der Waals surface area contributed by atoms with Crippen LogP contribution in [0, 0.1) is 0 Å². The summed E-state index contributed by atoms with van der Waals surface area (Å²) in [7, 11) is 0. The third-order valence-corrected chi connectivity index (χ3v) is 2.79. The van der Waals surface area contributed by atoms with E-state index in [1.54, 1.807) is 17.8 Å². The lowest BCUT2D eigenvalue weighted by molar-refractivity contribution is 0.0691. The number of thioether (sulfide) groups is 1. The summed E-state index contributed by atoms with van der Waals surface area (Å²) in [6.45, 7) is 0. The molecule has 2 rings (SSSR count). The first-order valence-corrected chi connectivity index (χ1v) is 5.33. The van der Waals surface area contributed by atoms with Crippen molar-refractivity contribution in [1.82, 2.24) is 4.98 Å². The van der Waals surface area contributed by atoms with E-state index in [0.29, 0.717) is 0 Å². The van der Waals surface area contributed by atoms with Crippen LogP contribution in [0.4, 0.5) is 0 Å². The monoisotopic (exact) mass is 207 g/mol. The molecule has 0 unspecified atom stereocenters. The van der Waals surface area contributed by atoms with Crippen molar-refractivity contribution in [1.29, 1.82) is 0 Å². The van der Waals surface area contributed by atoms with Crippen LogP contribution in [0.2, 0.25) is 0 Å². The fourth-order valence-electron chi connectivity index (χ4n) is 1.35. The normalized spacial score (nSPS) is 10.6. The van der Waals surface area contributed by atoms with E-state index in [1.165, 1.54) is 0 Å². The van der Waals surface area contributed by atoms with E-state index in [4.69, 9.17) is 5.11 Å². The minimum Gasteiger partial charge on any atom is -0.477 e. The number of hydrogen-bond donors (Lipinski definition) is 2. The van der Waals surface area contributed by atoms with Crippen LogP contribution in [0.3, 0.4) is 0 Å². The zero-order valence-corrected chi connectivity index (χ0v) is 8.39. The maximum atomic E-state index is 10.7. The highest BCUT2D eigenvalue weighted by Gasteiger charge is 2.06. The second kappa shape index (κ2) is 3.38. The van der Waals surface area contributed by atoms with E-state index in [2.05, 4.69) is 4.98 Å². The van der Waals surface area contributed by atoms with Crippen LogP contribution in [0.25, 0.3) is 10.9 Å². The zero-order valence-electron chi connectivity index (χ0n) is 7.57. The van der Waals surface area contributed by atoms with Crippen molar-refractivity contribution in [3.63, 3.8) is 0 Å². The van der Waals surface area contributed by atoms with Gasteiger partial charge in [-0.05, 0) is 24.5 Å². The lowest BCUT2D eigenvalue weighted by Gasteiger charge is -1.94. The van der Waals surface area contributed by atoms with Gasteiger partial charge in [0, 0.05) is 15.8 Å². The van der Waals surface area contributed by atoms with Crippen LogP contribution < -0.4 is 0 Å². The second-order valence-corrected chi connectivity index (χ2v) is 3.82. The summed E-state index contributed by atoms with van der Waals surface area (Å²) in [4.78, 5) is 14.7. The van der Waals surface area contributed by atoms with E-state index in [0.717, 1.165) is 15.8 Å². The van der Waals surface area contributed by atoms with Crippen LogP contribution in [0.1, 0.15) is 10.5 Å². The van der Waals surface area contributed by atoms with Crippen molar-refractivity contribution in [2.75, 3.05) is 6.26 Å². The first kappa shape index (κ1) is 9.15. The number of aromatic amines is 1. The van der Waals surface area contributed by atoms with E-state index in [1.807, 2.05) is 24.5 Å². The number of benzene rings is 1. The highest BCUT2D eigenvalue weighted by atomic mass is 32.2. The molecular formula is C10H9NO2S. The number of fused-ring (bicyclic) bond motifs is 1. The van der Waals surface area contributed by atoms with Gasteiger partial charge in [-0.15, -0.1) is 11.8 Å². The molecule has 0 radical (unpaired) electrons. The van der Waals surface area contributed by atoms with Gasteiger partial charge in [-0.1, -0.05) is 6.07 Å². The van der Waals surface area contributed by atoms with Gasteiger partial charge >= 0.3 is 5.97 Å². The largest absolute Gasteiger partial charge is 0.477 e. The SMILES string of the molecule is CSc1ccc2cc(C(=O)O)[nH]c2c1. The summed E-state index contributed by atoms with van der Waals surface area (Å²) >= 11 is 1.63. The Balaban J connectivity index is 2.60. The molecule has 0 aliphatic heterocycles. The average molecular weight is 207 g/mol. The molecule has 2 aromatic rings. The van der Waals surface area contributed by atoms with Crippen LogP contribution in [-0.4, -0.2) is 22.3 Å². The first-order valence-electron chi connectivity index (χ1n) is 4.11. The van der Waals surface area contributed by atoms with Crippen molar-refractivity contribution in [2.45, 2.75) is 4.90 Å². The number of hydrogen-bond acceptors (Lipinski definition) is 2. The summed E-state index contributed by atoms with van der Waals surface area (Å²) in [5, 5.41) is 9.71. The Labute approximate surface area is 85.1 Å². The Morgan fingerprint density at radius 2 is 2.21 bits per heavy atom. The molecule has 4 heteroatoms. The zero-order chi connectivity index (χ0) is 10.1. The third kappa shape index (κ3) is 1.48. The molecule has 0 aliphatic carbocycles. The van der Waals surface area contributed by atoms with E-state index < -0.39 is 5.97 Å². The number of H-pyrrole nitrogens is 1. The van der Waals surface area contributed by atoms with Crippen molar-refractivity contribution in [3.05, 3.63) is 30.0 Å². The summed E-state index contributed by atoms with van der Waals surface area (Å²) in [6.07, 6.45) is 1.99. The summed E-state index contributed by atoms with van der Waals surface area (Å²) in [5.74, 6) is -0.924. The van der Waals surface area contributed by atoms with Crippen LogP contribution in [0.5, 0.6) is 0 Å². The molecule has 1 heterocycles. The fraction of sp³-hybridized carbons (Fsp3) is 0.100. The van der Waals surface area contributed by atoms with Gasteiger partial charge in [0.1, 0.15) is 5.69 Å². The van der Waals surface area contributed by atoms with Crippen LogP contribution in [-0.2, 0) is 0 Å². The van der Waals surface area contributed by atoms with Crippen molar-refractivity contribution in [3.8, 4) is 0 Å². The Kier molecular flexibility index (Phi) is 2.21. The van der Waals surface area contributed by atoms with Crippen molar-refractivity contribution in [2.24, 2.45) is 0 Å². The highest BCUT2D eigenvalue weighted by molar-refractivity contribution is 7.98. The average Bonchev–Trinajstić information content (AvgIpc) is 2.59. The number of aromatic nitrogens is 1. The number of nitrogens with one attached hydrogen (secondary N) is 1. The van der Waals surface area contributed by atoms with Gasteiger partial charge in [0.25, 0.3) is 0 Å². The van der Waals surface area contributed by atoms with Gasteiger partial charge in [0.05, 0.1) is 0 Å². The maximum absolute atomic E-state index is 10.7. The lowest BCUT2D eigenvalue weighted by atomic mass is 10.2. The van der Waals surface area contributed by atoms with Gasteiger partial charge in [0.2, 0.25) is 0 Å². The molecule has 0 saturated heterocycles. The summed E-state index contributed by atoms with van der Waals surface area (Å²) < 4.78 is 0. The molecule has 1 aromatic carbocycles. The number of rotatable bonds is 2. The number of carboxylic acids is 1. The van der Waals surface area contributed by atoms with Crippen LogP contribution >= 0.6 is 11.8 Å². The Bertz CT molecular complexity index is 490. The smallest absolute Gasteiger partial charge is 0.352 e. The molecule has 0 saturated carbocycles. The van der Waals surface area contributed by atoms with Crippen molar-refractivity contribution >= 4 is 28.6 Å². The predicted molar refractivity (Wildman–Crippen MR) is 57.0 cm³/mol. The fourth-order valence-corrected chi connectivity index (χ4v) is 1.79. The molecular weight excluding hydrogens is 198 g/mol. The van der Waals surface area contributed by atoms with Gasteiger partial charge in [0.15, 0.2) is 0 Å². The topological polar surface area (TPSA) is 53.1 Å².